The Bertz CT molecular complexity index is 479. The van der Waals surface area contributed by atoms with E-state index in [2.05, 4.69) is 19.6 Å². The summed E-state index contributed by atoms with van der Waals surface area (Å²) in [5, 5.41) is 0. The Morgan fingerprint density at radius 1 is 1.04 bits per heavy atom. The zero-order valence-electron chi connectivity index (χ0n) is 14.8. The average molecular weight is 360 g/mol. The van der Waals surface area contributed by atoms with Gasteiger partial charge in [-0.25, -0.2) is 0 Å². The highest BCUT2D eigenvalue weighted by atomic mass is 31.2. The van der Waals surface area contributed by atoms with Gasteiger partial charge in [0.15, 0.2) is 14.2 Å². The molecule has 0 fully saturated rings. The quantitative estimate of drug-likeness (QED) is 0.415. The summed E-state index contributed by atoms with van der Waals surface area (Å²) in [6, 6.07) is 9.54. The molecule has 1 unspecified atom stereocenters. The number of hydrogen-bond donors (Lipinski definition) is 0. The zero-order valence-corrected chi connectivity index (χ0v) is 16.7. The Balaban J connectivity index is 2.76. The van der Waals surface area contributed by atoms with Crippen LogP contribution >= 0.6 is 7.60 Å². The van der Waals surface area contributed by atoms with E-state index in [1.54, 1.807) is 13.8 Å². The molecule has 0 aliphatic rings. The lowest BCUT2D eigenvalue weighted by Crippen LogP contribution is -2.34. The predicted molar refractivity (Wildman–Crippen MR) is 95.6 cm³/mol. The molecule has 23 heavy (non-hydrogen) atoms. The number of benzene rings is 1. The van der Waals surface area contributed by atoms with E-state index in [0.717, 1.165) is 5.75 Å². The largest absolute Gasteiger partial charge is 0.493 e. The minimum Gasteiger partial charge on any atom is -0.493 e. The Morgan fingerprint density at radius 3 is 2.09 bits per heavy atom. The number of para-hydroxylation sites is 1. The summed E-state index contributed by atoms with van der Waals surface area (Å²) in [5.41, 5.74) is 0. The molecule has 0 N–H and O–H groups in total. The van der Waals surface area contributed by atoms with Crippen LogP contribution in [0.4, 0.5) is 0 Å². The normalized spacial score (nSPS) is 13.8. The van der Waals surface area contributed by atoms with Crippen LogP contribution < -0.4 is 4.74 Å². The van der Waals surface area contributed by atoms with E-state index in [1.807, 2.05) is 30.3 Å². The van der Waals surface area contributed by atoms with Crippen molar-refractivity contribution in [2.45, 2.75) is 45.8 Å². The minimum absolute atomic E-state index is 0.322. The first-order chi connectivity index (χ1) is 10.8. The summed E-state index contributed by atoms with van der Waals surface area (Å²) in [5.74, 6) is 0.180. The molecule has 0 spiro atoms. The summed E-state index contributed by atoms with van der Waals surface area (Å²) in [6.45, 7) is 10.8. The van der Waals surface area contributed by atoms with Crippen molar-refractivity contribution in [3.05, 3.63) is 30.3 Å². The van der Waals surface area contributed by atoms with E-state index in [-0.39, 0.29) is 0 Å². The molecule has 0 bridgehead atoms. The maximum atomic E-state index is 13.0. The number of rotatable bonds is 11. The number of hydrogen-bond acceptors (Lipinski definition) is 5. The molecule has 1 rings (SSSR count). The molecule has 0 radical (unpaired) electrons. The topological polar surface area (TPSA) is 54.0 Å². The molecular formula is C16H29O5PSi. The van der Waals surface area contributed by atoms with Gasteiger partial charge in [-0.2, -0.15) is 0 Å². The van der Waals surface area contributed by atoms with Gasteiger partial charge in [-0.1, -0.05) is 18.2 Å². The van der Waals surface area contributed by atoms with Gasteiger partial charge in [0.05, 0.1) is 19.8 Å². The predicted octanol–water partition coefficient (Wildman–Crippen LogP) is 4.90. The second-order valence-electron chi connectivity index (χ2n) is 6.01. The smallest absolute Gasteiger partial charge is 0.358 e. The van der Waals surface area contributed by atoms with Crippen LogP contribution in [0.15, 0.2) is 30.3 Å². The summed E-state index contributed by atoms with van der Waals surface area (Å²) in [6.07, 6.45) is 0.455. The second kappa shape index (κ2) is 9.60. The Labute approximate surface area is 141 Å². The fourth-order valence-electron chi connectivity index (χ4n) is 2.05. The maximum Gasteiger partial charge on any atom is 0.358 e. The first kappa shape index (κ1) is 20.4. The lowest BCUT2D eigenvalue weighted by atomic mass is 10.3. The van der Waals surface area contributed by atoms with Crippen LogP contribution in [0.5, 0.6) is 5.75 Å². The molecule has 0 saturated heterocycles. The van der Waals surface area contributed by atoms with Gasteiger partial charge < -0.3 is 18.2 Å². The molecule has 5 nitrogen and oxygen atoms in total. The highest BCUT2D eigenvalue weighted by Crippen LogP contribution is 2.55. The first-order valence-electron chi connectivity index (χ1n) is 8.05. The fourth-order valence-corrected chi connectivity index (χ4v) is 6.00. The maximum absolute atomic E-state index is 13.0. The first-order valence-corrected chi connectivity index (χ1v) is 13.1. The van der Waals surface area contributed by atoms with Crippen molar-refractivity contribution >= 4 is 15.9 Å². The minimum atomic E-state index is -3.31. The van der Waals surface area contributed by atoms with E-state index in [0.29, 0.717) is 26.2 Å². The van der Waals surface area contributed by atoms with Crippen molar-refractivity contribution < 1.29 is 22.8 Å². The lowest BCUT2D eigenvalue weighted by Gasteiger charge is -2.31. The van der Waals surface area contributed by atoms with E-state index in [1.165, 1.54) is 0 Å². The molecular weight excluding hydrogens is 331 g/mol. The van der Waals surface area contributed by atoms with Crippen LogP contribution in [0.2, 0.25) is 19.6 Å². The molecule has 1 aromatic rings. The van der Waals surface area contributed by atoms with Gasteiger partial charge in [-0.05, 0) is 45.6 Å². The van der Waals surface area contributed by atoms with Gasteiger partial charge in [0, 0.05) is 6.42 Å². The average Bonchev–Trinajstić information content (AvgIpc) is 2.46. The highest BCUT2D eigenvalue weighted by Gasteiger charge is 2.39. The Hall–Kier alpha value is -0.653. The third-order valence-corrected chi connectivity index (χ3v) is 6.33. The van der Waals surface area contributed by atoms with Crippen LogP contribution in [0.25, 0.3) is 0 Å². The van der Waals surface area contributed by atoms with Crippen LogP contribution in [-0.2, 0) is 18.0 Å². The van der Waals surface area contributed by atoms with Crippen molar-refractivity contribution in [2.24, 2.45) is 0 Å². The fraction of sp³-hybridized carbons (Fsp3) is 0.625. The van der Waals surface area contributed by atoms with Crippen LogP contribution in [-0.4, -0.2) is 34.0 Å². The van der Waals surface area contributed by atoms with E-state index in [9.17, 15) is 4.57 Å². The molecule has 0 aliphatic heterocycles. The zero-order chi connectivity index (χ0) is 17.3. The van der Waals surface area contributed by atoms with E-state index >= 15 is 0 Å². The summed E-state index contributed by atoms with van der Waals surface area (Å²) in [4.78, 5) is 0. The molecule has 0 saturated carbocycles. The lowest BCUT2D eigenvalue weighted by molar-refractivity contribution is 0.140. The van der Waals surface area contributed by atoms with Gasteiger partial charge >= 0.3 is 7.60 Å². The monoisotopic (exact) mass is 360 g/mol. The summed E-state index contributed by atoms with van der Waals surface area (Å²) >= 11 is 0. The van der Waals surface area contributed by atoms with Gasteiger partial charge in [0.25, 0.3) is 0 Å². The van der Waals surface area contributed by atoms with Crippen molar-refractivity contribution in [3.63, 3.8) is 0 Å². The molecule has 0 aliphatic carbocycles. The summed E-state index contributed by atoms with van der Waals surface area (Å²) in [7, 11) is -5.22. The van der Waals surface area contributed by atoms with E-state index < -0.39 is 21.8 Å². The molecule has 7 heteroatoms. The third kappa shape index (κ3) is 7.64. The van der Waals surface area contributed by atoms with Crippen molar-refractivity contribution in [1.82, 2.24) is 0 Å². The summed E-state index contributed by atoms with van der Waals surface area (Å²) < 4.78 is 35.7. The van der Waals surface area contributed by atoms with Crippen molar-refractivity contribution in [2.75, 3.05) is 19.8 Å². The molecule has 0 heterocycles. The third-order valence-electron chi connectivity index (χ3n) is 2.84. The SMILES string of the molecule is CCOP(=O)(OCC)C(CCOc1ccccc1)O[Si](C)(C)C. The molecule has 1 atom stereocenters. The molecule has 0 amide bonds. The van der Waals surface area contributed by atoms with Gasteiger partial charge in [-0.15, -0.1) is 0 Å². The van der Waals surface area contributed by atoms with Gasteiger partial charge in [0.2, 0.25) is 0 Å². The number of ether oxygens (including phenoxy) is 1. The van der Waals surface area contributed by atoms with Crippen LogP contribution in [0.3, 0.4) is 0 Å². The molecule has 0 aromatic heterocycles. The van der Waals surface area contributed by atoms with Crippen molar-refractivity contribution in [1.29, 1.82) is 0 Å². The van der Waals surface area contributed by atoms with Crippen LogP contribution in [0.1, 0.15) is 20.3 Å². The molecule has 132 valence electrons. The Morgan fingerprint density at radius 2 is 1.61 bits per heavy atom. The van der Waals surface area contributed by atoms with Crippen molar-refractivity contribution in [3.8, 4) is 5.75 Å². The van der Waals surface area contributed by atoms with E-state index in [4.69, 9.17) is 18.2 Å². The highest BCUT2D eigenvalue weighted by molar-refractivity contribution is 7.54. The molecule has 1 aromatic carbocycles. The Kier molecular flexibility index (Phi) is 8.51. The second-order valence-corrected chi connectivity index (χ2v) is 12.6. The van der Waals surface area contributed by atoms with Gasteiger partial charge in [0.1, 0.15) is 5.75 Å². The standard InChI is InChI=1S/C16H29O5PSi/c1-6-19-22(17,20-7-2)16(21-23(3,4)5)13-14-18-15-11-9-8-10-12-15/h8-12,16H,6-7,13-14H2,1-5H3. The van der Waals surface area contributed by atoms with Crippen LogP contribution in [0, 0.1) is 0 Å². The van der Waals surface area contributed by atoms with Gasteiger partial charge in [-0.3, -0.25) is 4.57 Å².